The van der Waals surface area contributed by atoms with Gasteiger partial charge in [-0.25, -0.2) is 0 Å². The van der Waals surface area contributed by atoms with Crippen LogP contribution in [-0.2, 0) is 0 Å². The molecular formula is C20H18BrClN4O2S. The fourth-order valence-electron chi connectivity index (χ4n) is 3.03. The summed E-state index contributed by atoms with van der Waals surface area (Å²) in [5, 5.41) is 13.3. The molecule has 1 atom stereocenters. The Kier molecular flexibility index (Phi) is 6.12. The maximum absolute atomic E-state index is 6.31. The molecule has 2 aromatic carbocycles. The van der Waals surface area contributed by atoms with E-state index in [0.29, 0.717) is 27.5 Å². The van der Waals surface area contributed by atoms with Crippen molar-refractivity contribution in [2.45, 2.75) is 24.7 Å². The summed E-state index contributed by atoms with van der Waals surface area (Å²) in [4.78, 5) is 4.63. The van der Waals surface area contributed by atoms with Crippen LogP contribution in [0.15, 0.2) is 46.0 Å². The smallest absolute Gasteiger partial charge is 0.247 e. The highest BCUT2D eigenvalue weighted by Crippen LogP contribution is 2.43. The molecule has 6 nitrogen and oxygen atoms in total. The number of halogens is 2. The second kappa shape index (κ2) is 8.77. The van der Waals surface area contributed by atoms with E-state index in [1.54, 1.807) is 24.9 Å². The summed E-state index contributed by atoms with van der Waals surface area (Å²) in [6, 6.07) is 11.4. The molecule has 0 radical (unpaired) electrons. The van der Waals surface area contributed by atoms with Crippen molar-refractivity contribution in [3.05, 3.63) is 51.5 Å². The number of para-hydroxylation sites is 1. The first-order chi connectivity index (χ1) is 14.1. The van der Waals surface area contributed by atoms with Gasteiger partial charge in [0, 0.05) is 22.0 Å². The first-order valence-electron chi connectivity index (χ1n) is 9.03. The van der Waals surface area contributed by atoms with E-state index in [2.05, 4.69) is 43.4 Å². The quantitative estimate of drug-likeness (QED) is 0.439. The van der Waals surface area contributed by atoms with E-state index in [4.69, 9.17) is 21.1 Å². The summed E-state index contributed by atoms with van der Waals surface area (Å²) in [6.45, 7) is 2.11. The van der Waals surface area contributed by atoms with Gasteiger partial charge in [-0.2, -0.15) is 4.98 Å². The van der Waals surface area contributed by atoms with Gasteiger partial charge in [0.05, 0.1) is 17.1 Å². The number of benzene rings is 2. The zero-order valence-electron chi connectivity index (χ0n) is 15.8. The summed E-state index contributed by atoms with van der Waals surface area (Å²) in [5.41, 5.74) is 3.07. The predicted molar refractivity (Wildman–Crippen MR) is 119 cm³/mol. The van der Waals surface area contributed by atoms with Crippen molar-refractivity contribution in [1.82, 2.24) is 15.2 Å². The van der Waals surface area contributed by atoms with Crippen LogP contribution in [0.25, 0.3) is 11.3 Å². The van der Waals surface area contributed by atoms with E-state index in [0.717, 1.165) is 33.5 Å². The molecular weight excluding hydrogens is 476 g/mol. The lowest BCUT2D eigenvalue weighted by atomic mass is 10.1. The summed E-state index contributed by atoms with van der Waals surface area (Å²) >= 11 is 11.4. The van der Waals surface area contributed by atoms with E-state index in [9.17, 15) is 0 Å². The molecule has 1 N–H and O–H groups in total. The molecule has 1 aliphatic rings. The third-order valence-electron chi connectivity index (χ3n) is 4.29. The Balaban J connectivity index is 1.84. The van der Waals surface area contributed by atoms with Crippen LogP contribution in [0.2, 0.25) is 5.02 Å². The van der Waals surface area contributed by atoms with Crippen LogP contribution >= 0.6 is 39.3 Å². The van der Waals surface area contributed by atoms with E-state index in [1.807, 2.05) is 30.3 Å². The predicted octanol–water partition coefficient (Wildman–Crippen LogP) is 5.97. The van der Waals surface area contributed by atoms with E-state index >= 15 is 0 Å². The SMILES string of the molecule is CCCSc1nnc2c(n1)O[C@@H](c1cc(Cl)cc(Br)c1OC)Nc1ccccc1-2. The molecule has 3 aromatic rings. The average Bonchev–Trinajstić information content (AvgIpc) is 2.88. The Morgan fingerprint density at radius 1 is 1.28 bits per heavy atom. The van der Waals surface area contributed by atoms with Crippen molar-refractivity contribution < 1.29 is 9.47 Å². The van der Waals surface area contributed by atoms with Gasteiger partial charge in [0.15, 0.2) is 5.69 Å². The number of methoxy groups -OCH3 is 1. The minimum atomic E-state index is -0.580. The fraction of sp³-hybridized carbons (Fsp3) is 0.250. The van der Waals surface area contributed by atoms with Gasteiger partial charge in [-0.1, -0.05) is 48.5 Å². The Bertz CT molecular complexity index is 1050. The molecule has 1 aliphatic heterocycles. The Morgan fingerprint density at radius 2 is 2.10 bits per heavy atom. The van der Waals surface area contributed by atoms with Gasteiger partial charge >= 0.3 is 0 Å². The number of anilines is 1. The number of fused-ring (bicyclic) bond motifs is 3. The molecule has 0 spiro atoms. The maximum atomic E-state index is 6.31. The number of ether oxygens (including phenoxy) is 2. The zero-order valence-corrected chi connectivity index (χ0v) is 18.9. The van der Waals surface area contributed by atoms with Gasteiger partial charge in [0.1, 0.15) is 5.75 Å². The number of nitrogens with one attached hydrogen (secondary N) is 1. The fourth-order valence-corrected chi connectivity index (χ4v) is 4.66. The van der Waals surface area contributed by atoms with Gasteiger partial charge in [0.25, 0.3) is 0 Å². The number of thioether (sulfide) groups is 1. The second-order valence-electron chi connectivity index (χ2n) is 6.29. The molecule has 150 valence electrons. The lowest BCUT2D eigenvalue weighted by Gasteiger charge is -2.22. The molecule has 2 heterocycles. The number of rotatable bonds is 5. The number of aromatic nitrogens is 3. The topological polar surface area (TPSA) is 69.2 Å². The number of nitrogens with zero attached hydrogens (tertiary/aromatic N) is 3. The average molecular weight is 494 g/mol. The highest BCUT2D eigenvalue weighted by Gasteiger charge is 2.28. The second-order valence-corrected chi connectivity index (χ2v) is 8.65. The Labute approximate surface area is 186 Å². The molecule has 0 aliphatic carbocycles. The largest absolute Gasteiger partial charge is 0.495 e. The molecule has 4 rings (SSSR count). The van der Waals surface area contributed by atoms with Crippen molar-refractivity contribution in [2.24, 2.45) is 0 Å². The summed E-state index contributed by atoms with van der Waals surface area (Å²) in [7, 11) is 1.61. The standard InChI is InChI=1S/C20H18BrClN4O2S/c1-3-8-29-20-24-19-16(25-26-20)12-6-4-5-7-15(12)23-18(28-19)13-9-11(22)10-14(21)17(13)27-2/h4-7,9-10,18,23H,3,8H2,1-2H3/t18-/m0/s1. The van der Waals surface area contributed by atoms with Gasteiger partial charge in [-0.05, 0) is 40.5 Å². The highest BCUT2D eigenvalue weighted by molar-refractivity contribution is 9.10. The summed E-state index contributed by atoms with van der Waals surface area (Å²) in [5.74, 6) is 1.96. The minimum Gasteiger partial charge on any atom is -0.495 e. The van der Waals surface area contributed by atoms with E-state index in [1.165, 1.54) is 0 Å². The van der Waals surface area contributed by atoms with Gasteiger partial charge in [0.2, 0.25) is 17.3 Å². The highest BCUT2D eigenvalue weighted by atomic mass is 79.9. The third-order valence-corrected chi connectivity index (χ3v) is 6.14. The third kappa shape index (κ3) is 4.15. The van der Waals surface area contributed by atoms with Crippen LogP contribution in [0.3, 0.4) is 0 Å². The minimum absolute atomic E-state index is 0.416. The molecule has 0 unspecified atom stereocenters. The normalized spacial score (nSPS) is 14.8. The van der Waals surface area contributed by atoms with Gasteiger partial charge in [-0.15, -0.1) is 10.2 Å². The molecule has 0 saturated carbocycles. The summed E-state index contributed by atoms with van der Waals surface area (Å²) in [6.07, 6.45) is 0.440. The monoisotopic (exact) mass is 492 g/mol. The van der Waals surface area contributed by atoms with Crippen LogP contribution in [0, 0.1) is 0 Å². The van der Waals surface area contributed by atoms with Crippen LogP contribution in [0.4, 0.5) is 5.69 Å². The number of hydrogen-bond acceptors (Lipinski definition) is 7. The Hall–Kier alpha value is -2.03. The molecule has 29 heavy (non-hydrogen) atoms. The van der Waals surface area contributed by atoms with Crippen molar-refractivity contribution in [3.8, 4) is 22.9 Å². The van der Waals surface area contributed by atoms with Crippen molar-refractivity contribution in [1.29, 1.82) is 0 Å². The number of hydrogen-bond donors (Lipinski definition) is 1. The van der Waals surface area contributed by atoms with Crippen molar-refractivity contribution in [3.63, 3.8) is 0 Å². The lowest BCUT2D eigenvalue weighted by molar-refractivity contribution is 0.219. The van der Waals surface area contributed by atoms with Crippen LogP contribution in [0.5, 0.6) is 11.6 Å². The molecule has 0 fully saturated rings. The molecule has 9 heteroatoms. The molecule has 0 amide bonds. The van der Waals surface area contributed by atoms with Crippen molar-refractivity contribution >= 4 is 45.0 Å². The molecule has 1 aromatic heterocycles. The van der Waals surface area contributed by atoms with Gasteiger partial charge < -0.3 is 14.8 Å². The zero-order chi connectivity index (χ0) is 20.4. The first-order valence-corrected chi connectivity index (χ1v) is 11.2. The molecule has 0 saturated heterocycles. The lowest BCUT2D eigenvalue weighted by Crippen LogP contribution is -2.18. The van der Waals surface area contributed by atoms with Crippen LogP contribution in [-0.4, -0.2) is 28.0 Å². The van der Waals surface area contributed by atoms with Crippen LogP contribution < -0.4 is 14.8 Å². The molecule has 0 bridgehead atoms. The van der Waals surface area contributed by atoms with E-state index < -0.39 is 6.23 Å². The Morgan fingerprint density at radius 3 is 2.90 bits per heavy atom. The van der Waals surface area contributed by atoms with Crippen molar-refractivity contribution in [2.75, 3.05) is 18.2 Å². The van der Waals surface area contributed by atoms with E-state index in [-0.39, 0.29) is 0 Å². The summed E-state index contributed by atoms with van der Waals surface area (Å²) < 4.78 is 12.6. The van der Waals surface area contributed by atoms with Gasteiger partial charge in [-0.3, -0.25) is 0 Å². The maximum Gasteiger partial charge on any atom is 0.247 e. The van der Waals surface area contributed by atoms with Crippen LogP contribution in [0.1, 0.15) is 25.1 Å². The first kappa shape index (κ1) is 20.3.